The van der Waals surface area contributed by atoms with Gasteiger partial charge in [-0.15, -0.1) is 11.3 Å². The summed E-state index contributed by atoms with van der Waals surface area (Å²) in [6.45, 7) is 1.89. The fraction of sp³-hybridized carbons (Fsp3) is 0.167. The topological polar surface area (TPSA) is 68.0 Å². The Balaban J connectivity index is 1.98. The quantitative estimate of drug-likeness (QED) is 0.817. The molecule has 1 amide bonds. The second-order valence-corrected chi connectivity index (χ2v) is 4.62. The van der Waals surface area contributed by atoms with E-state index in [1.54, 1.807) is 12.1 Å². The van der Waals surface area contributed by atoms with Gasteiger partial charge >= 0.3 is 0 Å². The highest BCUT2D eigenvalue weighted by atomic mass is 32.1. The molecule has 4 nitrogen and oxygen atoms in total. The number of benzene rings is 1. The Bertz CT molecular complexity index is 536. The van der Waals surface area contributed by atoms with Crippen LogP contribution in [0.3, 0.4) is 0 Å². The number of anilines is 2. The Kier molecular flexibility index (Phi) is 3.39. The lowest BCUT2D eigenvalue weighted by molar-refractivity contribution is -0.115. The lowest BCUT2D eigenvalue weighted by atomic mass is 10.1. The van der Waals surface area contributed by atoms with Crippen molar-refractivity contribution in [1.82, 2.24) is 4.98 Å². The number of nitrogens with one attached hydrogen (secondary N) is 1. The van der Waals surface area contributed by atoms with Crippen LogP contribution in [0.25, 0.3) is 0 Å². The number of aromatic nitrogens is 1. The molecule has 1 aromatic carbocycles. The molecule has 0 spiro atoms. The number of aryl methyl sites for hydroxylation is 1. The van der Waals surface area contributed by atoms with Gasteiger partial charge in [-0.2, -0.15) is 0 Å². The van der Waals surface area contributed by atoms with E-state index in [0.29, 0.717) is 17.2 Å². The van der Waals surface area contributed by atoms with Crippen LogP contribution in [-0.2, 0) is 11.2 Å². The van der Waals surface area contributed by atoms with E-state index in [1.807, 2.05) is 24.4 Å². The average Bonchev–Trinajstić information content (AvgIpc) is 2.63. The minimum absolute atomic E-state index is 0.0787. The van der Waals surface area contributed by atoms with Crippen LogP contribution in [0, 0.1) is 6.92 Å². The van der Waals surface area contributed by atoms with E-state index in [0.717, 1.165) is 11.3 Å². The van der Waals surface area contributed by atoms with Crippen LogP contribution < -0.4 is 11.1 Å². The van der Waals surface area contributed by atoms with Crippen LogP contribution in [-0.4, -0.2) is 10.9 Å². The Morgan fingerprint density at radius 1 is 1.53 bits per heavy atom. The summed E-state index contributed by atoms with van der Waals surface area (Å²) in [5.41, 5.74) is 8.13. The highest BCUT2D eigenvalue weighted by Crippen LogP contribution is 2.15. The van der Waals surface area contributed by atoms with Gasteiger partial charge in [0, 0.05) is 11.1 Å². The minimum Gasteiger partial charge on any atom is -0.399 e. The molecule has 0 aliphatic heterocycles. The molecule has 0 fully saturated rings. The highest BCUT2D eigenvalue weighted by Gasteiger charge is 2.06. The maximum Gasteiger partial charge on any atom is 0.230 e. The first-order valence-electron chi connectivity index (χ1n) is 5.20. The van der Waals surface area contributed by atoms with Crippen LogP contribution >= 0.6 is 11.3 Å². The Morgan fingerprint density at radius 3 is 3.00 bits per heavy atom. The monoisotopic (exact) mass is 247 g/mol. The van der Waals surface area contributed by atoms with E-state index in [4.69, 9.17) is 5.73 Å². The smallest absolute Gasteiger partial charge is 0.230 e. The number of hydrogen-bond donors (Lipinski definition) is 2. The number of thiazole rings is 1. The standard InChI is InChI=1S/C12H13N3OS/c1-8-7-17-12(14-8)15-11(16)6-9-3-2-4-10(13)5-9/h2-5,7H,6,13H2,1H3,(H,14,15,16). The molecule has 3 N–H and O–H groups in total. The summed E-state index contributed by atoms with van der Waals surface area (Å²) < 4.78 is 0. The molecule has 0 unspecified atom stereocenters. The highest BCUT2D eigenvalue weighted by molar-refractivity contribution is 7.13. The first-order valence-corrected chi connectivity index (χ1v) is 6.08. The number of carbonyl (C=O) groups excluding carboxylic acids is 1. The Morgan fingerprint density at radius 2 is 2.35 bits per heavy atom. The summed E-state index contributed by atoms with van der Waals surface area (Å²) in [6, 6.07) is 7.31. The third kappa shape index (κ3) is 3.29. The molecule has 0 aliphatic rings. The zero-order valence-electron chi connectivity index (χ0n) is 9.43. The molecular weight excluding hydrogens is 234 g/mol. The summed E-state index contributed by atoms with van der Waals surface area (Å²) in [7, 11) is 0. The first-order chi connectivity index (χ1) is 8.13. The maximum atomic E-state index is 11.7. The molecule has 1 heterocycles. The van der Waals surface area contributed by atoms with E-state index >= 15 is 0 Å². The average molecular weight is 247 g/mol. The van der Waals surface area contributed by atoms with Gasteiger partial charge in [0.05, 0.1) is 12.1 Å². The fourth-order valence-electron chi connectivity index (χ4n) is 1.46. The predicted molar refractivity (Wildman–Crippen MR) is 70.0 cm³/mol. The summed E-state index contributed by atoms with van der Waals surface area (Å²) in [5, 5.41) is 5.29. The van der Waals surface area contributed by atoms with Crippen molar-refractivity contribution in [2.75, 3.05) is 11.1 Å². The largest absolute Gasteiger partial charge is 0.399 e. The van der Waals surface area contributed by atoms with E-state index < -0.39 is 0 Å². The molecular formula is C12H13N3OS. The van der Waals surface area contributed by atoms with Crippen molar-refractivity contribution in [3.63, 3.8) is 0 Å². The van der Waals surface area contributed by atoms with Gasteiger partial charge < -0.3 is 11.1 Å². The van der Waals surface area contributed by atoms with E-state index in [1.165, 1.54) is 11.3 Å². The predicted octanol–water partition coefficient (Wildman–Crippen LogP) is 2.21. The van der Waals surface area contributed by atoms with Gasteiger partial charge in [0.25, 0.3) is 0 Å². The van der Waals surface area contributed by atoms with Gasteiger partial charge in [-0.25, -0.2) is 4.98 Å². The van der Waals surface area contributed by atoms with Crippen molar-refractivity contribution in [3.8, 4) is 0 Å². The van der Waals surface area contributed by atoms with Crippen LogP contribution in [0.4, 0.5) is 10.8 Å². The van der Waals surface area contributed by atoms with Crippen LogP contribution in [0.1, 0.15) is 11.3 Å². The van der Waals surface area contributed by atoms with Gasteiger partial charge in [-0.1, -0.05) is 12.1 Å². The van der Waals surface area contributed by atoms with E-state index in [9.17, 15) is 4.79 Å². The van der Waals surface area contributed by atoms with Gasteiger partial charge in [-0.05, 0) is 24.6 Å². The molecule has 0 radical (unpaired) electrons. The molecule has 17 heavy (non-hydrogen) atoms. The lowest BCUT2D eigenvalue weighted by Crippen LogP contribution is -2.14. The Labute approximate surface area is 103 Å². The number of nitrogens with zero attached hydrogens (tertiary/aromatic N) is 1. The van der Waals surface area contributed by atoms with E-state index in [2.05, 4.69) is 10.3 Å². The van der Waals surface area contributed by atoms with Crippen molar-refractivity contribution >= 4 is 28.1 Å². The van der Waals surface area contributed by atoms with Crippen molar-refractivity contribution in [3.05, 3.63) is 40.9 Å². The van der Waals surface area contributed by atoms with Gasteiger partial charge in [0.15, 0.2) is 5.13 Å². The number of rotatable bonds is 3. The van der Waals surface area contributed by atoms with Gasteiger partial charge in [0.1, 0.15) is 0 Å². The number of carbonyl (C=O) groups is 1. The van der Waals surface area contributed by atoms with E-state index in [-0.39, 0.29) is 5.91 Å². The fourth-order valence-corrected chi connectivity index (χ4v) is 2.17. The van der Waals surface area contributed by atoms with Crippen molar-refractivity contribution in [2.45, 2.75) is 13.3 Å². The lowest BCUT2D eigenvalue weighted by Gasteiger charge is -2.02. The first kappa shape index (κ1) is 11.6. The number of nitrogens with two attached hydrogens (primary N) is 1. The Hall–Kier alpha value is -1.88. The van der Waals surface area contributed by atoms with Crippen LogP contribution in [0.5, 0.6) is 0 Å². The zero-order chi connectivity index (χ0) is 12.3. The van der Waals surface area contributed by atoms with Crippen LogP contribution in [0.15, 0.2) is 29.6 Å². The second kappa shape index (κ2) is 4.97. The van der Waals surface area contributed by atoms with Crippen molar-refractivity contribution < 1.29 is 4.79 Å². The third-order valence-electron chi connectivity index (χ3n) is 2.18. The second-order valence-electron chi connectivity index (χ2n) is 3.76. The molecule has 2 aromatic rings. The van der Waals surface area contributed by atoms with Crippen molar-refractivity contribution in [2.24, 2.45) is 0 Å². The molecule has 5 heteroatoms. The number of nitrogen functional groups attached to an aromatic ring is 1. The summed E-state index contributed by atoms with van der Waals surface area (Å²) >= 11 is 1.42. The molecule has 0 saturated carbocycles. The summed E-state index contributed by atoms with van der Waals surface area (Å²) in [6.07, 6.45) is 0.309. The van der Waals surface area contributed by atoms with Crippen LogP contribution in [0.2, 0.25) is 0 Å². The van der Waals surface area contributed by atoms with Gasteiger partial charge in [0.2, 0.25) is 5.91 Å². The van der Waals surface area contributed by atoms with Gasteiger partial charge in [-0.3, -0.25) is 4.79 Å². The molecule has 2 rings (SSSR count). The van der Waals surface area contributed by atoms with Crippen molar-refractivity contribution in [1.29, 1.82) is 0 Å². The summed E-state index contributed by atoms with van der Waals surface area (Å²) in [5.74, 6) is -0.0787. The molecule has 0 aliphatic carbocycles. The number of amides is 1. The normalized spacial score (nSPS) is 10.2. The molecule has 0 bridgehead atoms. The maximum absolute atomic E-state index is 11.7. The summed E-state index contributed by atoms with van der Waals surface area (Å²) in [4.78, 5) is 15.9. The molecule has 0 atom stereocenters. The molecule has 1 aromatic heterocycles. The SMILES string of the molecule is Cc1csc(NC(=O)Cc2cccc(N)c2)n1. The molecule has 0 saturated heterocycles. The third-order valence-corrected chi connectivity index (χ3v) is 3.06. The molecule has 88 valence electrons. The zero-order valence-corrected chi connectivity index (χ0v) is 10.3. The minimum atomic E-state index is -0.0787. The number of hydrogen-bond acceptors (Lipinski definition) is 4.